The minimum atomic E-state index is -1.78. The standard InChI is InChI=1S/C18H39NO5Si/c1-13(12-24-25(9,10)18(3,4)5)11-14(2)15(20)16(22-7)17(21)19(6)23-8/h13-16,20H,11-12H2,1-10H3/t13-,14+,15+,16-/m0/s1. The highest BCUT2D eigenvalue weighted by Crippen LogP contribution is 2.37. The number of methoxy groups -OCH3 is 1. The van der Waals surface area contributed by atoms with Crippen molar-refractivity contribution in [3.05, 3.63) is 0 Å². The molecule has 0 aliphatic carbocycles. The molecule has 1 amide bonds. The molecule has 0 bridgehead atoms. The molecule has 1 N–H and O–H groups in total. The van der Waals surface area contributed by atoms with Crippen molar-refractivity contribution in [2.45, 2.75) is 71.4 Å². The van der Waals surface area contributed by atoms with Crippen LogP contribution in [0.25, 0.3) is 0 Å². The third-order valence-electron chi connectivity index (χ3n) is 5.28. The smallest absolute Gasteiger partial charge is 0.277 e. The fourth-order valence-electron chi connectivity index (χ4n) is 2.36. The predicted octanol–water partition coefficient (Wildman–Crippen LogP) is 3.07. The van der Waals surface area contributed by atoms with Crippen LogP contribution in [-0.2, 0) is 18.8 Å². The molecule has 0 rings (SSSR count). The van der Waals surface area contributed by atoms with E-state index in [4.69, 9.17) is 14.0 Å². The summed E-state index contributed by atoms with van der Waals surface area (Å²) in [4.78, 5) is 17.1. The van der Waals surface area contributed by atoms with Crippen LogP contribution in [0.3, 0.4) is 0 Å². The zero-order valence-electron chi connectivity index (χ0n) is 17.8. The first-order valence-corrected chi connectivity index (χ1v) is 11.9. The Bertz CT molecular complexity index is 411. The van der Waals surface area contributed by atoms with E-state index in [2.05, 4.69) is 40.8 Å². The van der Waals surface area contributed by atoms with Crippen molar-refractivity contribution in [2.75, 3.05) is 27.9 Å². The molecule has 0 unspecified atom stereocenters. The van der Waals surface area contributed by atoms with E-state index in [1.807, 2.05) is 6.92 Å². The number of aliphatic hydroxyl groups is 1. The summed E-state index contributed by atoms with van der Waals surface area (Å²) < 4.78 is 11.5. The van der Waals surface area contributed by atoms with Crippen LogP contribution in [0.15, 0.2) is 0 Å². The van der Waals surface area contributed by atoms with Gasteiger partial charge >= 0.3 is 0 Å². The van der Waals surface area contributed by atoms with Crippen LogP contribution < -0.4 is 0 Å². The Morgan fingerprint density at radius 2 is 1.72 bits per heavy atom. The second-order valence-corrected chi connectivity index (χ2v) is 13.4. The number of carbonyl (C=O) groups is 1. The van der Waals surface area contributed by atoms with Crippen molar-refractivity contribution >= 4 is 14.2 Å². The highest BCUT2D eigenvalue weighted by molar-refractivity contribution is 6.74. The molecular weight excluding hydrogens is 338 g/mol. The van der Waals surface area contributed by atoms with Crippen LogP contribution in [-0.4, -0.2) is 64.5 Å². The second-order valence-electron chi connectivity index (χ2n) is 8.55. The molecule has 0 aromatic rings. The summed E-state index contributed by atoms with van der Waals surface area (Å²) in [6, 6.07) is 0. The Morgan fingerprint density at radius 1 is 1.20 bits per heavy atom. The van der Waals surface area contributed by atoms with E-state index in [1.165, 1.54) is 21.3 Å². The van der Waals surface area contributed by atoms with Crippen molar-refractivity contribution in [3.63, 3.8) is 0 Å². The van der Waals surface area contributed by atoms with E-state index >= 15 is 0 Å². The molecule has 0 aliphatic rings. The lowest BCUT2D eigenvalue weighted by atomic mass is 9.90. The van der Waals surface area contributed by atoms with Gasteiger partial charge in [0.2, 0.25) is 0 Å². The van der Waals surface area contributed by atoms with Gasteiger partial charge in [-0.25, -0.2) is 5.06 Å². The summed E-state index contributed by atoms with van der Waals surface area (Å²) in [7, 11) is 2.55. The molecule has 7 heteroatoms. The lowest BCUT2D eigenvalue weighted by Gasteiger charge is -2.37. The molecule has 0 aromatic carbocycles. The number of hydrogen-bond donors (Lipinski definition) is 1. The van der Waals surface area contributed by atoms with Gasteiger partial charge in [-0.2, -0.15) is 0 Å². The van der Waals surface area contributed by atoms with Crippen LogP contribution in [0.5, 0.6) is 0 Å². The molecule has 0 aliphatic heterocycles. The molecule has 0 radical (unpaired) electrons. The average Bonchev–Trinajstić information content (AvgIpc) is 2.51. The number of ether oxygens (including phenoxy) is 1. The van der Waals surface area contributed by atoms with E-state index in [0.29, 0.717) is 6.61 Å². The normalized spacial score (nSPS) is 17.7. The van der Waals surface area contributed by atoms with E-state index in [-0.39, 0.29) is 16.9 Å². The van der Waals surface area contributed by atoms with Crippen molar-refractivity contribution in [3.8, 4) is 0 Å². The van der Waals surface area contributed by atoms with E-state index in [0.717, 1.165) is 11.5 Å². The summed E-state index contributed by atoms with van der Waals surface area (Å²) in [5.41, 5.74) is 0. The zero-order chi connectivity index (χ0) is 20.0. The second kappa shape index (κ2) is 10.0. The van der Waals surface area contributed by atoms with Crippen LogP contribution in [0.4, 0.5) is 0 Å². The lowest BCUT2D eigenvalue weighted by Crippen LogP contribution is -2.47. The molecule has 150 valence electrons. The van der Waals surface area contributed by atoms with Crippen molar-refractivity contribution in [1.29, 1.82) is 0 Å². The molecule has 0 fully saturated rings. The fraction of sp³-hybridized carbons (Fsp3) is 0.944. The minimum Gasteiger partial charge on any atom is -0.417 e. The maximum Gasteiger partial charge on any atom is 0.277 e. The van der Waals surface area contributed by atoms with Gasteiger partial charge in [0.25, 0.3) is 5.91 Å². The molecule has 0 spiro atoms. The Hall–Kier alpha value is -0.473. The van der Waals surface area contributed by atoms with Gasteiger partial charge in [0.05, 0.1) is 13.2 Å². The zero-order valence-corrected chi connectivity index (χ0v) is 18.8. The number of aliphatic hydroxyl groups excluding tert-OH is 1. The van der Waals surface area contributed by atoms with Gasteiger partial charge in [-0.1, -0.05) is 34.6 Å². The largest absolute Gasteiger partial charge is 0.417 e. The first kappa shape index (κ1) is 24.5. The summed E-state index contributed by atoms with van der Waals surface area (Å²) in [5.74, 6) is -0.210. The molecule has 0 aromatic heterocycles. The van der Waals surface area contributed by atoms with Gasteiger partial charge in [0.15, 0.2) is 14.4 Å². The van der Waals surface area contributed by atoms with Gasteiger partial charge in [-0.15, -0.1) is 0 Å². The van der Waals surface area contributed by atoms with Gasteiger partial charge in [-0.05, 0) is 36.4 Å². The monoisotopic (exact) mass is 377 g/mol. The summed E-state index contributed by atoms with van der Waals surface area (Å²) in [6.45, 7) is 15.8. The number of nitrogens with zero attached hydrogens (tertiary/aromatic N) is 1. The number of rotatable bonds is 10. The minimum absolute atomic E-state index is 0.0998. The first-order chi connectivity index (χ1) is 11.3. The molecular formula is C18H39NO5Si. The van der Waals surface area contributed by atoms with E-state index in [9.17, 15) is 9.90 Å². The third kappa shape index (κ3) is 7.35. The number of amides is 1. The van der Waals surface area contributed by atoms with Crippen LogP contribution in [0.2, 0.25) is 18.1 Å². The maximum atomic E-state index is 12.2. The SMILES string of the molecule is CO[C@H](C(=O)N(C)OC)[C@H](O)[C@H](C)C[C@H](C)CO[Si](C)(C)C(C)(C)C. The third-order valence-corrected chi connectivity index (χ3v) is 9.78. The Morgan fingerprint density at radius 3 is 2.12 bits per heavy atom. The van der Waals surface area contributed by atoms with Gasteiger partial charge in [-0.3, -0.25) is 9.63 Å². The van der Waals surface area contributed by atoms with Gasteiger partial charge in [0.1, 0.15) is 0 Å². The lowest BCUT2D eigenvalue weighted by molar-refractivity contribution is -0.187. The van der Waals surface area contributed by atoms with E-state index in [1.54, 1.807) is 0 Å². The fourth-order valence-corrected chi connectivity index (χ4v) is 3.50. The van der Waals surface area contributed by atoms with Gasteiger partial charge < -0.3 is 14.3 Å². The van der Waals surface area contributed by atoms with Crippen LogP contribution >= 0.6 is 0 Å². The number of carbonyl (C=O) groups excluding carboxylic acids is 1. The highest BCUT2D eigenvalue weighted by Gasteiger charge is 2.38. The average molecular weight is 378 g/mol. The highest BCUT2D eigenvalue weighted by atomic mass is 28.4. The van der Waals surface area contributed by atoms with Crippen molar-refractivity contribution in [1.82, 2.24) is 5.06 Å². The number of likely N-dealkylation sites (N-methyl/N-ethyl adjacent to an activating group) is 1. The van der Waals surface area contributed by atoms with Crippen LogP contribution in [0, 0.1) is 11.8 Å². The molecule has 0 saturated heterocycles. The van der Waals surface area contributed by atoms with Gasteiger partial charge in [0, 0.05) is 20.8 Å². The van der Waals surface area contributed by atoms with Crippen molar-refractivity contribution in [2.24, 2.45) is 11.8 Å². The van der Waals surface area contributed by atoms with Crippen LogP contribution in [0.1, 0.15) is 41.0 Å². The summed E-state index contributed by atoms with van der Waals surface area (Å²) in [5, 5.41) is 11.8. The number of hydroxylamine groups is 2. The number of hydrogen-bond acceptors (Lipinski definition) is 5. The molecule has 25 heavy (non-hydrogen) atoms. The maximum absolute atomic E-state index is 12.2. The molecule has 0 heterocycles. The Labute approximate surface area is 154 Å². The quantitative estimate of drug-likeness (QED) is 0.468. The molecule has 6 nitrogen and oxygen atoms in total. The summed E-state index contributed by atoms with van der Waals surface area (Å²) >= 11 is 0. The van der Waals surface area contributed by atoms with Crippen molar-refractivity contribution < 1.29 is 23.9 Å². The topological polar surface area (TPSA) is 68.2 Å². The Balaban J connectivity index is 4.69. The van der Waals surface area contributed by atoms with E-state index < -0.39 is 26.4 Å². The molecule has 4 atom stereocenters. The Kier molecular flexibility index (Phi) is 9.83. The molecule has 0 saturated carbocycles. The predicted molar refractivity (Wildman–Crippen MR) is 103 cm³/mol. The summed E-state index contributed by atoms with van der Waals surface area (Å²) in [6.07, 6.45) is -1.08. The first-order valence-electron chi connectivity index (χ1n) is 8.95.